The van der Waals surface area contributed by atoms with Crippen LogP contribution in [0.25, 0.3) is 0 Å². The fourth-order valence-corrected chi connectivity index (χ4v) is 3.16. The molecule has 0 bridgehead atoms. The van der Waals surface area contributed by atoms with Gasteiger partial charge in [0.25, 0.3) is 0 Å². The molecule has 2 heterocycles. The molecule has 1 aliphatic rings. The van der Waals surface area contributed by atoms with Crippen LogP contribution in [0.4, 0.5) is 11.6 Å². The molecule has 1 N–H and O–H groups in total. The zero-order chi connectivity index (χ0) is 16.9. The smallest absolute Gasteiger partial charge is 0.227 e. The Bertz CT molecular complexity index is 716. The van der Waals surface area contributed by atoms with E-state index in [1.54, 1.807) is 6.20 Å². The second-order valence-electron chi connectivity index (χ2n) is 6.28. The zero-order valence-corrected chi connectivity index (χ0v) is 14.3. The molecular weight excluding hydrogens is 300 g/mol. The van der Waals surface area contributed by atoms with Crippen LogP contribution in [0.2, 0.25) is 0 Å². The Balaban J connectivity index is 1.75. The van der Waals surface area contributed by atoms with E-state index in [2.05, 4.69) is 23.3 Å². The number of anilines is 2. The summed E-state index contributed by atoms with van der Waals surface area (Å²) in [5.41, 5.74) is 3.18. The van der Waals surface area contributed by atoms with Crippen molar-refractivity contribution >= 4 is 17.5 Å². The predicted octanol–water partition coefficient (Wildman–Crippen LogP) is 3.64. The molecule has 3 rings (SSSR count). The van der Waals surface area contributed by atoms with Crippen LogP contribution in [0.15, 0.2) is 36.5 Å². The number of para-hydroxylation sites is 1. The Morgan fingerprint density at radius 2 is 2.17 bits per heavy atom. The number of carbonyl (C=O) groups is 1. The van der Waals surface area contributed by atoms with Crippen molar-refractivity contribution in [1.29, 1.82) is 0 Å². The van der Waals surface area contributed by atoms with E-state index in [1.807, 2.05) is 36.1 Å². The van der Waals surface area contributed by atoms with Crippen molar-refractivity contribution in [3.05, 3.63) is 47.8 Å². The Morgan fingerprint density at radius 1 is 1.33 bits per heavy atom. The number of carbonyl (C=O) groups excluding carboxylic acids is 1. The number of rotatable bonds is 4. The van der Waals surface area contributed by atoms with Crippen LogP contribution in [0.5, 0.6) is 0 Å². The van der Waals surface area contributed by atoms with E-state index in [1.165, 1.54) is 0 Å². The van der Waals surface area contributed by atoms with Gasteiger partial charge in [0.05, 0.1) is 5.69 Å². The highest BCUT2D eigenvalue weighted by Crippen LogP contribution is 2.27. The summed E-state index contributed by atoms with van der Waals surface area (Å²) >= 11 is 0. The Kier molecular flexibility index (Phi) is 5.08. The summed E-state index contributed by atoms with van der Waals surface area (Å²) in [6.07, 6.45) is 4.45. The number of piperidine rings is 1. The molecular formula is C19H24N4O. The molecule has 1 aliphatic heterocycles. The molecule has 0 saturated carbocycles. The maximum atomic E-state index is 12.0. The first kappa shape index (κ1) is 16.4. The quantitative estimate of drug-likeness (QED) is 0.933. The number of nitrogens with one attached hydrogen (secondary N) is 1. The molecule has 1 aromatic carbocycles. The van der Waals surface area contributed by atoms with Gasteiger partial charge in [-0.2, -0.15) is 0 Å². The monoisotopic (exact) mass is 324 g/mol. The van der Waals surface area contributed by atoms with Crippen molar-refractivity contribution in [2.75, 3.05) is 18.4 Å². The van der Waals surface area contributed by atoms with Gasteiger partial charge in [-0.05, 0) is 37.5 Å². The third kappa shape index (κ3) is 3.72. The van der Waals surface area contributed by atoms with Gasteiger partial charge in [0.15, 0.2) is 0 Å². The number of aromatic nitrogens is 2. The van der Waals surface area contributed by atoms with Crippen LogP contribution in [-0.2, 0) is 4.79 Å². The van der Waals surface area contributed by atoms with Gasteiger partial charge in [-0.3, -0.25) is 4.79 Å². The minimum absolute atomic E-state index is 0.229. The molecule has 0 radical (unpaired) electrons. The largest absolute Gasteiger partial charge is 0.342 e. The van der Waals surface area contributed by atoms with Crippen molar-refractivity contribution < 1.29 is 4.79 Å². The standard InChI is InChI=1S/C19H24N4O/c1-3-18(24)23-12-6-8-15(13-23)17-10-11-20-19(22-17)21-16-9-5-4-7-14(16)2/h4-5,7,9-11,15H,3,6,8,12-13H2,1-2H3,(H,20,21,22)/t15-/m1/s1. The van der Waals surface area contributed by atoms with E-state index < -0.39 is 0 Å². The van der Waals surface area contributed by atoms with Crippen LogP contribution in [0.3, 0.4) is 0 Å². The lowest BCUT2D eigenvalue weighted by Crippen LogP contribution is -2.38. The minimum atomic E-state index is 0.229. The first-order valence-corrected chi connectivity index (χ1v) is 8.60. The van der Waals surface area contributed by atoms with Crippen molar-refractivity contribution in [2.24, 2.45) is 0 Å². The van der Waals surface area contributed by atoms with Gasteiger partial charge in [0.2, 0.25) is 11.9 Å². The average Bonchev–Trinajstić information content (AvgIpc) is 2.63. The normalized spacial score (nSPS) is 17.6. The Hall–Kier alpha value is -2.43. The topological polar surface area (TPSA) is 58.1 Å². The first-order valence-electron chi connectivity index (χ1n) is 8.60. The fourth-order valence-electron chi connectivity index (χ4n) is 3.16. The number of hydrogen-bond acceptors (Lipinski definition) is 4. The molecule has 0 unspecified atom stereocenters. The number of aryl methyl sites for hydroxylation is 1. The van der Waals surface area contributed by atoms with Crippen LogP contribution in [-0.4, -0.2) is 33.9 Å². The van der Waals surface area contributed by atoms with Gasteiger partial charge >= 0.3 is 0 Å². The van der Waals surface area contributed by atoms with Crippen molar-refractivity contribution in [3.8, 4) is 0 Å². The van der Waals surface area contributed by atoms with E-state index in [0.717, 1.165) is 42.9 Å². The molecule has 1 aromatic heterocycles. The summed E-state index contributed by atoms with van der Waals surface area (Å²) in [5, 5.41) is 3.29. The van der Waals surface area contributed by atoms with E-state index in [-0.39, 0.29) is 11.8 Å². The molecule has 1 amide bonds. The number of hydrogen-bond donors (Lipinski definition) is 1. The lowest BCUT2D eigenvalue weighted by atomic mass is 9.94. The summed E-state index contributed by atoms with van der Waals surface area (Å²) in [5.74, 6) is 1.13. The van der Waals surface area contributed by atoms with Crippen molar-refractivity contribution in [1.82, 2.24) is 14.9 Å². The second-order valence-corrected chi connectivity index (χ2v) is 6.28. The van der Waals surface area contributed by atoms with Gasteiger partial charge < -0.3 is 10.2 Å². The molecule has 2 aromatic rings. The predicted molar refractivity (Wildman–Crippen MR) is 95.3 cm³/mol. The highest BCUT2D eigenvalue weighted by atomic mass is 16.2. The minimum Gasteiger partial charge on any atom is -0.342 e. The summed E-state index contributed by atoms with van der Waals surface area (Å²) in [4.78, 5) is 23.0. The zero-order valence-electron chi connectivity index (χ0n) is 14.3. The fraction of sp³-hybridized carbons (Fsp3) is 0.421. The average molecular weight is 324 g/mol. The summed E-state index contributed by atoms with van der Waals surface area (Å²) in [6.45, 7) is 5.60. The molecule has 0 aliphatic carbocycles. The number of likely N-dealkylation sites (tertiary alicyclic amines) is 1. The molecule has 5 nitrogen and oxygen atoms in total. The Morgan fingerprint density at radius 3 is 2.96 bits per heavy atom. The van der Waals surface area contributed by atoms with Crippen LogP contribution >= 0.6 is 0 Å². The summed E-state index contributed by atoms with van der Waals surface area (Å²) in [7, 11) is 0. The van der Waals surface area contributed by atoms with Crippen molar-refractivity contribution in [2.45, 2.75) is 39.0 Å². The number of nitrogens with zero attached hydrogens (tertiary/aromatic N) is 3. The van der Waals surface area contributed by atoms with Gasteiger partial charge in [-0.15, -0.1) is 0 Å². The maximum absolute atomic E-state index is 12.0. The maximum Gasteiger partial charge on any atom is 0.227 e. The first-order chi connectivity index (χ1) is 11.7. The van der Waals surface area contributed by atoms with Crippen LogP contribution in [0.1, 0.15) is 43.4 Å². The third-order valence-corrected chi connectivity index (χ3v) is 4.56. The highest BCUT2D eigenvalue weighted by molar-refractivity contribution is 5.76. The van der Waals surface area contributed by atoms with Gasteiger partial charge in [0.1, 0.15) is 0 Å². The summed E-state index contributed by atoms with van der Waals surface area (Å²) < 4.78 is 0. The number of benzene rings is 1. The van der Waals surface area contributed by atoms with Crippen LogP contribution < -0.4 is 5.32 Å². The van der Waals surface area contributed by atoms with Gasteiger partial charge in [0, 0.05) is 37.3 Å². The Labute approximate surface area is 143 Å². The molecule has 1 saturated heterocycles. The summed E-state index contributed by atoms with van der Waals surface area (Å²) in [6, 6.07) is 10.1. The van der Waals surface area contributed by atoms with E-state index in [9.17, 15) is 4.79 Å². The van der Waals surface area contributed by atoms with Gasteiger partial charge in [-0.25, -0.2) is 9.97 Å². The van der Waals surface area contributed by atoms with E-state index in [0.29, 0.717) is 12.4 Å². The molecule has 1 atom stereocenters. The second kappa shape index (κ2) is 7.43. The van der Waals surface area contributed by atoms with Gasteiger partial charge in [-0.1, -0.05) is 25.1 Å². The highest BCUT2D eigenvalue weighted by Gasteiger charge is 2.25. The number of amides is 1. The van der Waals surface area contributed by atoms with Crippen molar-refractivity contribution in [3.63, 3.8) is 0 Å². The van der Waals surface area contributed by atoms with Crippen LogP contribution in [0, 0.1) is 6.92 Å². The lowest BCUT2D eigenvalue weighted by Gasteiger charge is -2.32. The molecule has 0 spiro atoms. The van der Waals surface area contributed by atoms with E-state index >= 15 is 0 Å². The molecule has 126 valence electrons. The lowest BCUT2D eigenvalue weighted by molar-refractivity contribution is -0.132. The molecule has 1 fully saturated rings. The molecule has 5 heteroatoms. The SMILES string of the molecule is CCC(=O)N1CCC[C@@H](c2ccnc(Nc3ccccc3C)n2)C1. The third-order valence-electron chi connectivity index (χ3n) is 4.56. The van der Waals surface area contributed by atoms with E-state index in [4.69, 9.17) is 4.98 Å². The molecule has 24 heavy (non-hydrogen) atoms.